The van der Waals surface area contributed by atoms with Gasteiger partial charge in [-0.3, -0.25) is 20.7 Å². The first-order valence-electron chi connectivity index (χ1n) is 9.66. The molecule has 0 amide bonds. The first kappa shape index (κ1) is 20.4. The van der Waals surface area contributed by atoms with Crippen molar-refractivity contribution in [1.82, 2.24) is 19.7 Å². The molecule has 154 valence electrons. The minimum absolute atomic E-state index is 0.104. The van der Waals surface area contributed by atoms with Gasteiger partial charge in [0.1, 0.15) is 11.2 Å². The molecule has 3 heterocycles. The second-order valence-electron chi connectivity index (χ2n) is 7.13. The molecule has 0 aliphatic carbocycles. The highest BCUT2D eigenvalue weighted by Gasteiger charge is 2.12. The summed E-state index contributed by atoms with van der Waals surface area (Å²) >= 11 is 1.23. The molecular weight excluding hydrogens is 398 g/mol. The Bertz CT molecular complexity index is 1170. The van der Waals surface area contributed by atoms with E-state index in [2.05, 4.69) is 21.0 Å². The molecule has 9 heteroatoms. The zero-order valence-corrected chi connectivity index (χ0v) is 17.5. The van der Waals surface area contributed by atoms with Crippen LogP contribution in [0.4, 0.5) is 0 Å². The van der Waals surface area contributed by atoms with Crippen LogP contribution >= 0.6 is 11.8 Å². The lowest BCUT2D eigenvalue weighted by Gasteiger charge is -2.26. The maximum Gasteiger partial charge on any atom is 0.188 e. The number of fused-ring (bicyclic) bond motifs is 1. The van der Waals surface area contributed by atoms with Crippen molar-refractivity contribution >= 4 is 33.5 Å². The summed E-state index contributed by atoms with van der Waals surface area (Å²) in [4.78, 5) is 7.81. The van der Waals surface area contributed by atoms with Gasteiger partial charge in [0, 0.05) is 36.1 Å². The molecule has 4 rings (SSSR count). The number of pyridine rings is 1. The Morgan fingerprint density at radius 2 is 1.93 bits per heavy atom. The molecule has 2 aromatic heterocycles. The highest BCUT2D eigenvalue weighted by molar-refractivity contribution is 8.13. The van der Waals surface area contributed by atoms with Crippen LogP contribution in [0.2, 0.25) is 0 Å². The summed E-state index contributed by atoms with van der Waals surface area (Å²) in [5.74, 6) is 0. The van der Waals surface area contributed by atoms with Gasteiger partial charge in [0.2, 0.25) is 0 Å². The number of benzene rings is 1. The monoisotopic (exact) mass is 421 g/mol. The Morgan fingerprint density at radius 1 is 1.13 bits per heavy atom. The lowest BCUT2D eigenvalue weighted by Crippen LogP contribution is -2.35. The number of ether oxygens (including phenoxy) is 1. The number of thioether (sulfide) groups is 1. The molecule has 30 heavy (non-hydrogen) atoms. The fraction of sp³-hybridized carbons (Fsp3) is 0.286. The summed E-state index contributed by atoms with van der Waals surface area (Å²) in [7, 11) is 0. The van der Waals surface area contributed by atoms with Crippen LogP contribution in [0.1, 0.15) is 18.2 Å². The third-order valence-electron chi connectivity index (χ3n) is 4.85. The minimum Gasteiger partial charge on any atom is -0.379 e. The Labute approximate surface area is 178 Å². The molecule has 0 saturated carbocycles. The zero-order valence-electron chi connectivity index (χ0n) is 16.7. The van der Waals surface area contributed by atoms with Crippen molar-refractivity contribution in [3.8, 4) is 0 Å². The van der Waals surface area contributed by atoms with E-state index in [0.717, 1.165) is 54.2 Å². The van der Waals surface area contributed by atoms with Crippen molar-refractivity contribution in [2.24, 2.45) is 0 Å². The molecule has 3 N–H and O–H groups in total. The highest BCUT2D eigenvalue weighted by atomic mass is 32.2. The molecule has 0 bridgehead atoms. The predicted molar refractivity (Wildman–Crippen MR) is 117 cm³/mol. The molecule has 0 radical (unpaired) electrons. The number of hydrogen-bond acceptors (Lipinski definition) is 8. The van der Waals surface area contributed by atoms with Gasteiger partial charge in [-0.15, -0.1) is 0 Å². The van der Waals surface area contributed by atoms with E-state index in [1.54, 1.807) is 19.1 Å². The molecule has 1 aliphatic rings. The molecule has 1 saturated heterocycles. The molecule has 3 aromatic rings. The smallest absolute Gasteiger partial charge is 0.188 e. The van der Waals surface area contributed by atoms with E-state index in [1.807, 2.05) is 24.4 Å². The summed E-state index contributed by atoms with van der Waals surface area (Å²) in [6, 6.07) is 11.2. The number of hydrogen-bond donors (Lipinski definition) is 3. The third-order valence-corrected chi connectivity index (χ3v) is 5.70. The van der Waals surface area contributed by atoms with E-state index >= 15 is 0 Å². The van der Waals surface area contributed by atoms with E-state index in [0.29, 0.717) is 11.4 Å². The van der Waals surface area contributed by atoms with Crippen molar-refractivity contribution in [3.05, 3.63) is 59.3 Å². The fourth-order valence-electron chi connectivity index (χ4n) is 3.26. The molecule has 1 aliphatic heterocycles. The van der Waals surface area contributed by atoms with Gasteiger partial charge in [-0.05, 0) is 48.9 Å². The number of morpholine rings is 1. The Morgan fingerprint density at radius 3 is 2.70 bits per heavy atom. The van der Waals surface area contributed by atoms with Gasteiger partial charge in [-0.25, -0.2) is 0 Å². The van der Waals surface area contributed by atoms with E-state index in [4.69, 9.17) is 21.0 Å². The van der Waals surface area contributed by atoms with Crippen LogP contribution in [0.25, 0.3) is 10.9 Å². The summed E-state index contributed by atoms with van der Waals surface area (Å²) in [6.07, 6.45) is 1.92. The molecule has 8 nitrogen and oxygen atoms in total. The molecule has 1 aromatic carbocycles. The molecule has 1 fully saturated rings. The van der Waals surface area contributed by atoms with Crippen LogP contribution in [0.3, 0.4) is 0 Å². The van der Waals surface area contributed by atoms with Crippen LogP contribution in [0, 0.1) is 16.2 Å². The van der Waals surface area contributed by atoms with Gasteiger partial charge in [0.05, 0.1) is 24.4 Å². The predicted octanol–water partition coefficient (Wildman–Crippen LogP) is 2.71. The maximum absolute atomic E-state index is 8.40. The van der Waals surface area contributed by atoms with Gasteiger partial charge >= 0.3 is 0 Å². The normalized spacial score (nSPS) is 14.7. The first-order chi connectivity index (χ1) is 14.5. The van der Waals surface area contributed by atoms with E-state index in [-0.39, 0.29) is 10.7 Å². The second-order valence-corrected chi connectivity index (χ2v) is 8.20. The average Bonchev–Trinajstić information content (AvgIpc) is 2.74. The molecular formula is C21H23N7OS. The Balaban J connectivity index is 1.55. The van der Waals surface area contributed by atoms with Crippen LogP contribution in [0.5, 0.6) is 0 Å². The number of nitrogens with zero attached hydrogens (tertiary/aromatic N) is 4. The second kappa shape index (κ2) is 8.86. The van der Waals surface area contributed by atoms with Crippen molar-refractivity contribution in [3.63, 3.8) is 0 Å². The fourth-order valence-corrected chi connectivity index (χ4v) is 4.03. The quantitative estimate of drug-likeness (QED) is 0.340. The van der Waals surface area contributed by atoms with Gasteiger partial charge < -0.3 is 10.1 Å². The van der Waals surface area contributed by atoms with Crippen LogP contribution < -0.4 is 5.49 Å². The topological polar surface area (TPSA) is 115 Å². The molecule has 0 unspecified atom stereocenters. The lowest BCUT2D eigenvalue weighted by atomic mass is 10.1. The number of nitrogens with one attached hydrogen (secondary N) is 3. The van der Waals surface area contributed by atoms with Gasteiger partial charge in [-0.2, -0.15) is 9.78 Å². The van der Waals surface area contributed by atoms with Crippen LogP contribution in [-0.2, 0) is 11.3 Å². The Hall–Kier alpha value is -2.88. The van der Waals surface area contributed by atoms with Gasteiger partial charge in [0.15, 0.2) is 5.17 Å². The third kappa shape index (κ3) is 4.64. The summed E-state index contributed by atoms with van der Waals surface area (Å²) in [6.45, 7) is 5.88. The van der Waals surface area contributed by atoms with Crippen molar-refractivity contribution in [1.29, 1.82) is 16.2 Å². The lowest BCUT2D eigenvalue weighted by molar-refractivity contribution is 0.0341. The molecule has 0 spiro atoms. The van der Waals surface area contributed by atoms with Crippen molar-refractivity contribution < 1.29 is 4.74 Å². The minimum atomic E-state index is 0.104. The van der Waals surface area contributed by atoms with E-state index in [1.165, 1.54) is 16.4 Å². The first-order valence-corrected chi connectivity index (χ1v) is 10.5. The van der Waals surface area contributed by atoms with Gasteiger partial charge in [0.25, 0.3) is 0 Å². The standard InChI is InChI=1S/C21H23N7OS/c1-14(22)18-4-5-20(23)28(26-18)21(24)30-17-2-3-19-16(11-17)10-15(12-25-19)13-27-6-8-29-9-7-27/h2-5,10-12,22-24H,6-9,13H2,1H3. The number of aromatic nitrogens is 3. The molecule has 0 atom stereocenters. The summed E-state index contributed by atoms with van der Waals surface area (Å²) in [5, 5.41) is 29.6. The van der Waals surface area contributed by atoms with E-state index < -0.39 is 0 Å². The van der Waals surface area contributed by atoms with Crippen molar-refractivity contribution in [2.75, 3.05) is 26.3 Å². The average molecular weight is 422 g/mol. The maximum atomic E-state index is 8.40. The van der Waals surface area contributed by atoms with Crippen molar-refractivity contribution in [2.45, 2.75) is 18.4 Å². The number of rotatable bonds is 4. The van der Waals surface area contributed by atoms with Crippen LogP contribution in [-0.4, -0.2) is 56.8 Å². The zero-order chi connectivity index (χ0) is 21.1. The summed E-state index contributed by atoms with van der Waals surface area (Å²) < 4.78 is 6.66. The SMILES string of the molecule is CC(=N)c1ccc(=N)n(C(=N)Sc2ccc3ncc(CN4CCOCC4)cc3c2)n1. The van der Waals surface area contributed by atoms with Gasteiger partial charge in [-0.1, -0.05) is 11.8 Å². The van der Waals surface area contributed by atoms with E-state index in [9.17, 15) is 0 Å². The summed E-state index contributed by atoms with van der Waals surface area (Å²) in [5.41, 5.74) is 2.91. The highest BCUT2D eigenvalue weighted by Crippen LogP contribution is 2.24. The largest absolute Gasteiger partial charge is 0.379 e. The van der Waals surface area contributed by atoms with Crippen LogP contribution in [0.15, 0.2) is 47.5 Å². The Kier molecular flexibility index (Phi) is 6.03.